The summed E-state index contributed by atoms with van der Waals surface area (Å²) in [5.74, 6) is -0.429. The lowest BCUT2D eigenvalue weighted by atomic mass is 10.1. The molecular weight excluding hydrogens is 278 g/mol. The van der Waals surface area contributed by atoms with Gasteiger partial charge in [-0.3, -0.25) is 4.90 Å². The molecule has 0 spiro atoms. The van der Waals surface area contributed by atoms with E-state index in [1.165, 1.54) is 18.2 Å². The fourth-order valence-electron chi connectivity index (χ4n) is 2.35. The Balaban J connectivity index is 1.67. The van der Waals surface area contributed by atoms with Crippen molar-refractivity contribution in [2.24, 2.45) is 0 Å². The van der Waals surface area contributed by atoms with Crippen LogP contribution in [-0.4, -0.2) is 41.2 Å². The number of nitrogens with one attached hydrogen (secondary N) is 1. The van der Waals surface area contributed by atoms with E-state index in [0.29, 0.717) is 12.4 Å². The first-order valence-electron chi connectivity index (χ1n) is 6.90. The first-order chi connectivity index (χ1) is 10.2. The van der Waals surface area contributed by atoms with E-state index in [1.807, 2.05) is 0 Å². The molecule has 1 aromatic carbocycles. The van der Waals surface area contributed by atoms with Gasteiger partial charge in [0.2, 0.25) is 5.89 Å². The Morgan fingerprint density at radius 2 is 1.90 bits per heavy atom. The van der Waals surface area contributed by atoms with Crippen LogP contribution in [0.5, 0.6) is 0 Å². The van der Waals surface area contributed by atoms with Crippen LogP contribution in [0.3, 0.4) is 0 Å². The standard InChI is InChI=1S/C14H16F2N4O/c15-11-2-1-3-12(16)10(11)8-14-18-13(19-21-14)9-20-6-4-17-5-7-20/h1-3,17H,4-9H2. The summed E-state index contributed by atoms with van der Waals surface area (Å²) in [5.41, 5.74) is -0.0464. The predicted molar refractivity (Wildman–Crippen MR) is 71.6 cm³/mol. The highest BCUT2D eigenvalue weighted by molar-refractivity contribution is 5.22. The molecule has 1 aliphatic rings. The molecule has 1 saturated heterocycles. The lowest BCUT2D eigenvalue weighted by molar-refractivity contribution is 0.224. The second kappa shape index (κ2) is 6.28. The van der Waals surface area contributed by atoms with E-state index in [9.17, 15) is 8.78 Å². The van der Waals surface area contributed by atoms with E-state index < -0.39 is 11.6 Å². The molecule has 0 bridgehead atoms. The average Bonchev–Trinajstić information content (AvgIpc) is 2.91. The van der Waals surface area contributed by atoms with Gasteiger partial charge in [-0.05, 0) is 12.1 Å². The minimum atomic E-state index is -0.600. The maximum atomic E-state index is 13.6. The van der Waals surface area contributed by atoms with Crippen molar-refractivity contribution in [1.29, 1.82) is 0 Å². The number of hydrogen-bond acceptors (Lipinski definition) is 5. The van der Waals surface area contributed by atoms with E-state index in [2.05, 4.69) is 20.4 Å². The van der Waals surface area contributed by atoms with Crippen LogP contribution < -0.4 is 5.32 Å². The van der Waals surface area contributed by atoms with Crippen molar-refractivity contribution in [3.63, 3.8) is 0 Å². The largest absolute Gasteiger partial charge is 0.339 e. The van der Waals surface area contributed by atoms with E-state index in [1.54, 1.807) is 0 Å². The third kappa shape index (κ3) is 3.43. The maximum absolute atomic E-state index is 13.6. The highest BCUT2D eigenvalue weighted by Gasteiger charge is 2.16. The molecule has 7 heteroatoms. The van der Waals surface area contributed by atoms with Gasteiger partial charge in [0.05, 0.1) is 13.0 Å². The molecule has 5 nitrogen and oxygen atoms in total. The SMILES string of the molecule is Fc1cccc(F)c1Cc1nc(CN2CCNCC2)no1. The molecule has 112 valence electrons. The topological polar surface area (TPSA) is 54.2 Å². The summed E-state index contributed by atoms with van der Waals surface area (Å²) < 4.78 is 32.2. The van der Waals surface area contributed by atoms with Crippen LogP contribution in [0.4, 0.5) is 8.78 Å². The Labute approximate surface area is 120 Å². The monoisotopic (exact) mass is 294 g/mol. The minimum absolute atomic E-state index is 0.0347. The van der Waals surface area contributed by atoms with E-state index in [-0.39, 0.29) is 17.9 Å². The number of halogens is 2. The van der Waals surface area contributed by atoms with Crippen molar-refractivity contribution in [3.8, 4) is 0 Å². The van der Waals surface area contributed by atoms with Crippen LogP contribution in [0.15, 0.2) is 22.7 Å². The summed E-state index contributed by atoms with van der Waals surface area (Å²) in [6.45, 7) is 4.30. The van der Waals surface area contributed by atoms with Crippen molar-refractivity contribution in [1.82, 2.24) is 20.4 Å². The lowest BCUT2D eigenvalue weighted by Gasteiger charge is -2.25. The number of rotatable bonds is 4. The number of nitrogens with zero attached hydrogens (tertiary/aromatic N) is 3. The van der Waals surface area contributed by atoms with Crippen molar-refractivity contribution in [2.75, 3.05) is 26.2 Å². The predicted octanol–water partition coefficient (Wildman–Crippen LogP) is 1.34. The van der Waals surface area contributed by atoms with E-state index in [0.717, 1.165) is 26.2 Å². The quantitative estimate of drug-likeness (QED) is 0.922. The molecule has 3 rings (SSSR count). The average molecular weight is 294 g/mol. The van der Waals surface area contributed by atoms with Crippen LogP contribution in [-0.2, 0) is 13.0 Å². The molecule has 1 fully saturated rings. The van der Waals surface area contributed by atoms with Crippen LogP contribution >= 0.6 is 0 Å². The highest BCUT2D eigenvalue weighted by atomic mass is 19.1. The fraction of sp³-hybridized carbons (Fsp3) is 0.429. The first kappa shape index (κ1) is 14.1. The third-order valence-corrected chi connectivity index (χ3v) is 3.47. The van der Waals surface area contributed by atoms with Crippen molar-refractivity contribution in [2.45, 2.75) is 13.0 Å². The van der Waals surface area contributed by atoms with Gasteiger partial charge in [-0.1, -0.05) is 11.2 Å². The molecule has 0 atom stereocenters. The van der Waals surface area contributed by atoms with Crippen LogP contribution in [0.2, 0.25) is 0 Å². The summed E-state index contributed by atoms with van der Waals surface area (Å²) in [6.07, 6.45) is -0.0347. The molecule has 21 heavy (non-hydrogen) atoms. The zero-order chi connectivity index (χ0) is 14.7. The molecule has 0 amide bonds. The zero-order valence-electron chi connectivity index (χ0n) is 11.5. The molecule has 2 aromatic rings. The molecule has 0 radical (unpaired) electrons. The van der Waals surface area contributed by atoms with Gasteiger partial charge in [-0.25, -0.2) is 8.78 Å². The van der Waals surface area contributed by atoms with Gasteiger partial charge in [-0.2, -0.15) is 4.98 Å². The second-order valence-corrected chi connectivity index (χ2v) is 5.01. The van der Waals surface area contributed by atoms with Gasteiger partial charge in [0, 0.05) is 31.7 Å². The maximum Gasteiger partial charge on any atom is 0.231 e. The third-order valence-electron chi connectivity index (χ3n) is 3.47. The van der Waals surface area contributed by atoms with Gasteiger partial charge in [-0.15, -0.1) is 0 Å². The number of hydrogen-bond donors (Lipinski definition) is 1. The molecule has 0 aliphatic carbocycles. The lowest BCUT2D eigenvalue weighted by Crippen LogP contribution is -2.43. The second-order valence-electron chi connectivity index (χ2n) is 5.01. The smallest absolute Gasteiger partial charge is 0.231 e. The number of aromatic nitrogens is 2. The Kier molecular flexibility index (Phi) is 4.21. The molecule has 1 N–H and O–H groups in total. The number of benzene rings is 1. The van der Waals surface area contributed by atoms with Crippen molar-refractivity contribution in [3.05, 3.63) is 47.1 Å². The summed E-state index contributed by atoms with van der Waals surface area (Å²) in [5, 5.41) is 7.13. The Morgan fingerprint density at radius 3 is 2.62 bits per heavy atom. The molecule has 0 unspecified atom stereocenters. The molecule has 2 heterocycles. The zero-order valence-corrected chi connectivity index (χ0v) is 11.5. The van der Waals surface area contributed by atoms with E-state index in [4.69, 9.17) is 4.52 Å². The Bertz CT molecular complexity index is 591. The molecule has 0 saturated carbocycles. The van der Waals surface area contributed by atoms with Gasteiger partial charge in [0.1, 0.15) is 11.6 Å². The molecule has 1 aliphatic heterocycles. The summed E-state index contributed by atoms with van der Waals surface area (Å²) in [4.78, 5) is 6.41. The van der Waals surface area contributed by atoms with Gasteiger partial charge >= 0.3 is 0 Å². The molecule has 1 aromatic heterocycles. The van der Waals surface area contributed by atoms with E-state index >= 15 is 0 Å². The summed E-state index contributed by atoms with van der Waals surface area (Å²) in [7, 11) is 0. The normalized spacial score (nSPS) is 16.3. The fourth-order valence-corrected chi connectivity index (χ4v) is 2.35. The van der Waals surface area contributed by atoms with Gasteiger partial charge < -0.3 is 9.84 Å². The van der Waals surface area contributed by atoms with Crippen LogP contribution in [0.25, 0.3) is 0 Å². The Hall–Kier alpha value is -1.86. The van der Waals surface area contributed by atoms with Gasteiger partial charge in [0.25, 0.3) is 0 Å². The summed E-state index contributed by atoms with van der Waals surface area (Å²) >= 11 is 0. The van der Waals surface area contributed by atoms with Crippen LogP contribution in [0, 0.1) is 11.6 Å². The number of piperazine rings is 1. The van der Waals surface area contributed by atoms with Gasteiger partial charge in [0.15, 0.2) is 5.82 Å². The minimum Gasteiger partial charge on any atom is -0.339 e. The first-order valence-corrected chi connectivity index (χ1v) is 6.90. The van der Waals surface area contributed by atoms with Crippen molar-refractivity contribution >= 4 is 0 Å². The Morgan fingerprint density at radius 1 is 1.19 bits per heavy atom. The highest BCUT2D eigenvalue weighted by Crippen LogP contribution is 2.16. The summed E-state index contributed by atoms with van der Waals surface area (Å²) in [6, 6.07) is 3.77. The van der Waals surface area contributed by atoms with Crippen molar-refractivity contribution < 1.29 is 13.3 Å². The van der Waals surface area contributed by atoms with Crippen LogP contribution in [0.1, 0.15) is 17.3 Å². The molecular formula is C14H16F2N4O.